The molecule has 2 aromatic carbocycles. The van der Waals surface area contributed by atoms with Crippen molar-refractivity contribution in [3.05, 3.63) is 75.6 Å². The molecule has 1 heterocycles. The first kappa shape index (κ1) is 19.6. The van der Waals surface area contributed by atoms with Gasteiger partial charge in [-0.3, -0.25) is 14.3 Å². The summed E-state index contributed by atoms with van der Waals surface area (Å²) < 4.78 is 26.6. The molecule has 0 aliphatic heterocycles. The van der Waals surface area contributed by atoms with Crippen LogP contribution < -0.4 is 15.6 Å². The fraction of sp³-hybridized carbons (Fsp3) is 0.200. The Morgan fingerprint density at radius 2 is 1.79 bits per heavy atom. The molecule has 0 radical (unpaired) electrons. The molecule has 3 rings (SSSR count). The number of rotatable bonds is 6. The number of carbonyl (C=O) groups is 1. The zero-order valence-electron chi connectivity index (χ0n) is 15.6. The Bertz CT molecular complexity index is 1190. The molecule has 146 valence electrons. The molecule has 3 N–H and O–H groups in total. The van der Waals surface area contributed by atoms with Crippen LogP contribution in [0.25, 0.3) is 10.9 Å². The Labute approximate surface area is 162 Å². The lowest BCUT2D eigenvalue weighted by molar-refractivity contribution is 0.0955. The lowest BCUT2D eigenvalue weighted by Crippen LogP contribution is -2.34. The third kappa shape index (κ3) is 4.58. The standard InChI is InChI=1S/C20H21N3O4S/c1-13-10-14(2)18-15(11-13)12-17(20(25)22-18)19(24)21-8-9-28(26,27)23-16-6-4-3-5-7-16/h3-7,10-12,23H,8-9H2,1-2H3,(H,21,24)(H,22,25). The summed E-state index contributed by atoms with van der Waals surface area (Å²) in [7, 11) is -3.62. The zero-order chi connectivity index (χ0) is 20.3. The number of nitrogens with one attached hydrogen (secondary N) is 3. The predicted molar refractivity (Wildman–Crippen MR) is 110 cm³/mol. The summed E-state index contributed by atoms with van der Waals surface area (Å²) in [5.74, 6) is -0.922. The Balaban J connectivity index is 1.70. The summed E-state index contributed by atoms with van der Waals surface area (Å²) in [6, 6.07) is 13.8. The van der Waals surface area contributed by atoms with Gasteiger partial charge < -0.3 is 10.3 Å². The number of sulfonamides is 1. The summed E-state index contributed by atoms with van der Waals surface area (Å²) in [6.45, 7) is 3.70. The fourth-order valence-electron chi connectivity index (χ4n) is 2.99. The molecule has 0 spiro atoms. The Kier molecular flexibility index (Phi) is 5.51. The van der Waals surface area contributed by atoms with E-state index in [9.17, 15) is 18.0 Å². The van der Waals surface area contributed by atoms with Crippen LogP contribution in [0.1, 0.15) is 21.5 Å². The minimum absolute atomic E-state index is 0.0501. The van der Waals surface area contributed by atoms with E-state index in [4.69, 9.17) is 0 Å². The number of aryl methyl sites for hydroxylation is 2. The highest BCUT2D eigenvalue weighted by Gasteiger charge is 2.15. The minimum Gasteiger partial charge on any atom is -0.351 e. The lowest BCUT2D eigenvalue weighted by Gasteiger charge is -2.10. The molecule has 0 atom stereocenters. The van der Waals surface area contributed by atoms with Crippen LogP contribution in [0.15, 0.2) is 53.3 Å². The van der Waals surface area contributed by atoms with Crippen LogP contribution in [0.2, 0.25) is 0 Å². The number of fused-ring (bicyclic) bond motifs is 1. The molecule has 1 amide bonds. The van der Waals surface area contributed by atoms with E-state index >= 15 is 0 Å². The van der Waals surface area contributed by atoms with Crippen molar-refractivity contribution in [2.45, 2.75) is 13.8 Å². The molecule has 0 bridgehead atoms. The quantitative estimate of drug-likeness (QED) is 0.591. The van der Waals surface area contributed by atoms with E-state index in [2.05, 4.69) is 15.0 Å². The molecule has 0 aliphatic carbocycles. The maximum absolute atomic E-state index is 12.4. The van der Waals surface area contributed by atoms with E-state index in [1.807, 2.05) is 26.0 Å². The summed E-state index contributed by atoms with van der Waals surface area (Å²) in [4.78, 5) is 27.4. The number of carbonyl (C=O) groups excluding carboxylic acids is 1. The summed E-state index contributed by atoms with van der Waals surface area (Å²) in [5, 5.41) is 3.25. The molecule has 7 nitrogen and oxygen atoms in total. The number of aromatic nitrogens is 1. The van der Waals surface area contributed by atoms with Crippen LogP contribution in [0.5, 0.6) is 0 Å². The van der Waals surface area contributed by atoms with E-state index in [1.165, 1.54) is 6.07 Å². The molecule has 8 heteroatoms. The van der Waals surface area contributed by atoms with Crippen molar-refractivity contribution >= 4 is 32.5 Å². The number of hydrogen-bond acceptors (Lipinski definition) is 4. The van der Waals surface area contributed by atoms with E-state index in [1.54, 1.807) is 30.3 Å². The fourth-order valence-corrected chi connectivity index (χ4v) is 3.95. The first-order valence-electron chi connectivity index (χ1n) is 8.73. The average molecular weight is 399 g/mol. The topological polar surface area (TPSA) is 108 Å². The number of anilines is 1. The maximum atomic E-state index is 12.4. The van der Waals surface area contributed by atoms with Crippen LogP contribution in [-0.4, -0.2) is 31.6 Å². The molecule has 0 aliphatic rings. The molecule has 0 fully saturated rings. The summed E-state index contributed by atoms with van der Waals surface area (Å²) in [6.07, 6.45) is 0. The van der Waals surface area contributed by atoms with Gasteiger partial charge in [-0.15, -0.1) is 0 Å². The molecule has 1 aromatic heterocycles. The predicted octanol–water partition coefficient (Wildman–Crippen LogP) is 2.32. The van der Waals surface area contributed by atoms with Gasteiger partial charge in [0, 0.05) is 12.2 Å². The van der Waals surface area contributed by atoms with Gasteiger partial charge in [-0.1, -0.05) is 29.8 Å². The average Bonchev–Trinajstić information content (AvgIpc) is 2.62. The van der Waals surface area contributed by atoms with E-state index in [0.29, 0.717) is 11.2 Å². The van der Waals surface area contributed by atoms with Crippen LogP contribution >= 0.6 is 0 Å². The van der Waals surface area contributed by atoms with Gasteiger partial charge in [0.15, 0.2) is 0 Å². The third-order valence-corrected chi connectivity index (χ3v) is 5.53. The van der Waals surface area contributed by atoms with Crippen molar-refractivity contribution in [3.8, 4) is 0 Å². The van der Waals surface area contributed by atoms with Crippen LogP contribution in [0.3, 0.4) is 0 Å². The van der Waals surface area contributed by atoms with Gasteiger partial charge in [-0.25, -0.2) is 8.42 Å². The number of pyridine rings is 1. The van der Waals surface area contributed by atoms with E-state index in [0.717, 1.165) is 16.5 Å². The van der Waals surface area contributed by atoms with Crippen molar-refractivity contribution in [3.63, 3.8) is 0 Å². The second kappa shape index (κ2) is 7.85. The highest BCUT2D eigenvalue weighted by molar-refractivity contribution is 7.92. The molecule has 0 saturated carbocycles. The smallest absolute Gasteiger partial charge is 0.261 e. The molecular weight excluding hydrogens is 378 g/mol. The highest BCUT2D eigenvalue weighted by Crippen LogP contribution is 2.18. The first-order valence-corrected chi connectivity index (χ1v) is 10.4. The van der Waals surface area contributed by atoms with E-state index < -0.39 is 21.5 Å². The van der Waals surface area contributed by atoms with Gasteiger partial charge >= 0.3 is 0 Å². The first-order chi connectivity index (χ1) is 13.2. The van der Waals surface area contributed by atoms with Gasteiger partial charge in [-0.05, 0) is 49.1 Å². The monoisotopic (exact) mass is 399 g/mol. The summed E-state index contributed by atoms with van der Waals surface area (Å²) >= 11 is 0. The number of para-hydroxylation sites is 1. The number of aromatic amines is 1. The Morgan fingerprint density at radius 1 is 1.07 bits per heavy atom. The molecule has 0 unspecified atom stereocenters. The number of benzene rings is 2. The van der Waals surface area contributed by atoms with Gasteiger partial charge in [-0.2, -0.15) is 0 Å². The highest BCUT2D eigenvalue weighted by atomic mass is 32.2. The van der Waals surface area contributed by atoms with Crippen molar-refractivity contribution < 1.29 is 13.2 Å². The molecular formula is C20H21N3O4S. The van der Waals surface area contributed by atoms with Crippen LogP contribution in [0.4, 0.5) is 5.69 Å². The molecule has 0 saturated heterocycles. The number of amides is 1. The minimum atomic E-state index is -3.62. The molecule has 3 aromatic rings. The van der Waals surface area contributed by atoms with Crippen LogP contribution in [-0.2, 0) is 10.0 Å². The van der Waals surface area contributed by atoms with Gasteiger partial charge in [0.05, 0.1) is 11.3 Å². The van der Waals surface area contributed by atoms with Gasteiger partial charge in [0.2, 0.25) is 10.0 Å². The Hall–Kier alpha value is -3.13. The lowest BCUT2D eigenvalue weighted by atomic mass is 10.1. The van der Waals surface area contributed by atoms with Crippen molar-refractivity contribution in [2.24, 2.45) is 0 Å². The maximum Gasteiger partial charge on any atom is 0.261 e. The normalized spacial score (nSPS) is 11.4. The zero-order valence-corrected chi connectivity index (χ0v) is 16.4. The Morgan fingerprint density at radius 3 is 2.50 bits per heavy atom. The third-order valence-electron chi connectivity index (χ3n) is 4.24. The number of H-pyrrole nitrogens is 1. The van der Waals surface area contributed by atoms with Crippen LogP contribution in [0, 0.1) is 13.8 Å². The second-order valence-corrected chi connectivity index (χ2v) is 8.44. The molecule has 28 heavy (non-hydrogen) atoms. The van der Waals surface area contributed by atoms with Gasteiger partial charge in [0.1, 0.15) is 5.56 Å². The largest absolute Gasteiger partial charge is 0.351 e. The van der Waals surface area contributed by atoms with E-state index in [-0.39, 0.29) is 17.9 Å². The van der Waals surface area contributed by atoms with Crippen molar-refractivity contribution in [2.75, 3.05) is 17.0 Å². The number of hydrogen-bond donors (Lipinski definition) is 3. The SMILES string of the molecule is Cc1cc(C)c2[nH]c(=O)c(C(=O)NCCS(=O)(=O)Nc3ccccc3)cc2c1. The van der Waals surface area contributed by atoms with Gasteiger partial charge in [0.25, 0.3) is 11.5 Å². The van der Waals surface area contributed by atoms with Crippen molar-refractivity contribution in [1.29, 1.82) is 0 Å². The van der Waals surface area contributed by atoms with Crippen molar-refractivity contribution in [1.82, 2.24) is 10.3 Å². The second-order valence-electron chi connectivity index (χ2n) is 6.60. The summed E-state index contributed by atoms with van der Waals surface area (Å²) in [5.41, 5.74) is 2.50.